The highest BCUT2D eigenvalue weighted by molar-refractivity contribution is 8.01. The summed E-state index contributed by atoms with van der Waals surface area (Å²) in [5.74, 6) is 1.53. The molecule has 2 saturated heterocycles. The molecule has 2 aliphatic rings. The van der Waals surface area contributed by atoms with Crippen LogP contribution in [0.2, 0.25) is 0 Å². The second kappa shape index (κ2) is 11.2. The number of hydrogen-bond donors (Lipinski definition) is 1. The van der Waals surface area contributed by atoms with Gasteiger partial charge in [0.2, 0.25) is 5.91 Å². The Kier molecular flexibility index (Phi) is 7.22. The van der Waals surface area contributed by atoms with Gasteiger partial charge in [-0.05, 0) is 58.7 Å². The molecule has 0 bridgehead atoms. The van der Waals surface area contributed by atoms with E-state index in [2.05, 4.69) is 107 Å². The quantitative estimate of drug-likeness (QED) is 0.178. The van der Waals surface area contributed by atoms with Crippen molar-refractivity contribution in [1.29, 1.82) is 0 Å². The normalized spacial score (nSPS) is 20.7. The monoisotopic (exact) mass is 602 g/mol. The van der Waals surface area contributed by atoms with Gasteiger partial charge in [-0.3, -0.25) is 10.1 Å². The Balaban J connectivity index is 1.25. The zero-order chi connectivity index (χ0) is 30.3. The maximum atomic E-state index is 14.3. The lowest BCUT2D eigenvalue weighted by Crippen LogP contribution is -2.70. The van der Waals surface area contributed by atoms with Crippen molar-refractivity contribution in [2.45, 2.75) is 48.1 Å². The second-order valence-electron chi connectivity index (χ2n) is 11.8. The van der Waals surface area contributed by atoms with Crippen LogP contribution in [0.5, 0.6) is 5.75 Å². The third-order valence-electron chi connectivity index (χ3n) is 8.73. The average molecular weight is 603 g/mol. The lowest BCUT2D eigenvalue weighted by Gasteiger charge is -2.49. The first-order valence-electron chi connectivity index (χ1n) is 14.8. The molecule has 8 nitrogen and oxygen atoms in total. The predicted molar refractivity (Wildman–Crippen MR) is 171 cm³/mol. The molecule has 2 fully saturated rings. The van der Waals surface area contributed by atoms with E-state index in [1.54, 1.807) is 18.9 Å². The van der Waals surface area contributed by atoms with E-state index in [1.807, 2.05) is 52.0 Å². The van der Waals surface area contributed by atoms with Crippen LogP contribution < -0.4 is 10.1 Å². The molecule has 2 aliphatic heterocycles. The van der Waals surface area contributed by atoms with E-state index >= 15 is 0 Å². The van der Waals surface area contributed by atoms with Crippen LogP contribution in [-0.2, 0) is 16.9 Å². The standard InChI is InChI=1S/C35H34N6O2S/c1-34(2)30(31-37-38-39-40(31)23-24-19-21-28(43-3)22-20-24)41-32(42)29(33(41)44-34)36-35(25-13-7-4-8-14-25,26-15-9-5-10-16-26)27-17-11-6-12-18-27/h4-22,29-30,33,36H,23H2,1-3H3. The molecule has 1 N–H and O–H groups in total. The number of β-lactam (4-membered cyclic amide) rings is 1. The van der Waals surface area contributed by atoms with Crippen molar-refractivity contribution < 1.29 is 9.53 Å². The van der Waals surface area contributed by atoms with Crippen LogP contribution in [0, 0.1) is 0 Å². The molecule has 44 heavy (non-hydrogen) atoms. The number of rotatable bonds is 9. The molecule has 0 radical (unpaired) electrons. The van der Waals surface area contributed by atoms with Crippen LogP contribution in [0.4, 0.5) is 0 Å². The number of thioether (sulfide) groups is 1. The lowest BCUT2D eigenvalue weighted by molar-refractivity contribution is -0.150. The summed E-state index contributed by atoms with van der Waals surface area (Å²) in [6.45, 7) is 4.85. The fourth-order valence-electron chi connectivity index (χ4n) is 6.64. The molecule has 7 rings (SSSR count). The van der Waals surface area contributed by atoms with E-state index in [-0.39, 0.29) is 22.1 Å². The lowest BCUT2D eigenvalue weighted by atomic mass is 9.76. The van der Waals surface area contributed by atoms with Gasteiger partial charge in [0, 0.05) is 4.75 Å². The predicted octanol–water partition coefficient (Wildman–Crippen LogP) is 5.42. The second-order valence-corrected chi connectivity index (χ2v) is 13.5. The Bertz CT molecular complexity index is 1650. The number of ether oxygens (including phenoxy) is 1. The molecule has 0 saturated carbocycles. The Hall–Kier alpha value is -4.47. The minimum Gasteiger partial charge on any atom is -0.497 e. The van der Waals surface area contributed by atoms with Crippen molar-refractivity contribution >= 4 is 17.7 Å². The number of methoxy groups -OCH3 is 1. The minimum absolute atomic E-state index is 0.0456. The molecule has 1 amide bonds. The van der Waals surface area contributed by atoms with Crippen LogP contribution in [0.15, 0.2) is 115 Å². The van der Waals surface area contributed by atoms with Crippen molar-refractivity contribution in [3.8, 4) is 5.75 Å². The van der Waals surface area contributed by atoms with Gasteiger partial charge in [-0.15, -0.1) is 16.9 Å². The summed E-state index contributed by atoms with van der Waals surface area (Å²) in [6, 6.07) is 38.4. The third-order valence-corrected chi connectivity index (χ3v) is 10.3. The van der Waals surface area contributed by atoms with Gasteiger partial charge in [0.15, 0.2) is 5.82 Å². The molecule has 5 aromatic rings. The van der Waals surface area contributed by atoms with Gasteiger partial charge < -0.3 is 9.64 Å². The van der Waals surface area contributed by atoms with E-state index in [9.17, 15) is 4.79 Å². The van der Waals surface area contributed by atoms with Crippen LogP contribution in [0.3, 0.4) is 0 Å². The highest BCUT2D eigenvalue weighted by Gasteiger charge is 2.64. The molecule has 222 valence electrons. The number of nitrogens with one attached hydrogen (secondary N) is 1. The minimum atomic E-state index is -0.741. The summed E-state index contributed by atoms with van der Waals surface area (Å²) in [7, 11) is 1.65. The van der Waals surface area contributed by atoms with Gasteiger partial charge >= 0.3 is 0 Å². The number of hydrogen-bond acceptors (Lipinski definition) is 7. The van der Waals surface area contributed by atoms with E-state index in [4.69, 9.17) is 4.74 Å². The summed E-state index contributed by atoms with van der Waals surface area (Å²) in [5, 5.41) is 16.7. The van der Waals surface area contributed by atoms with E-state index in [1.165, 1.54) is 0 Å². The summed E-state index contributed by atoms with van der Waals surface area (Å²) in [6.07, 6.45) is 0. The molecule has 0 spiro atoms. The molecule has 4 aromatic carbocycles. The first-order valence-corrected chi connectivity index (χ1v) is 15.6. The van der Waals surface area contributed by atoms with Crippen molar-refractivity contribution in [2.75, 3.05) is 7.11 Å². The van der Waals surface area contributed by atoms with Gasteiger partial charge in [-0.2, -0.15) is 0 Å². The van der Waals surface area contributed by atoms with Gasteiger partial charge in [-0.25, -0.2) is 4.68 Å². The summed E-state index contributed by atoms with van der Waals surface area (Å²) < 4.78 is 6.80. The van der Waals surface area contributed by atoms with Crippen LogP contribution in [-0.4, -0.2) is 54.3 Å². The number of tetrazole rings is 1. The SMILES string of the molecule is COc1ccc(Cn2nnnc2C2N3C(=O)C(NC(c4ccccc4)(c4ccccc4)c4ccccc4)C3SC2(C)C)cc1. The summed E-state index contributed by atoms with van der Waals surface area (Å²) in [4.78, 5) is 16.3. The van der Waals surface area contributed by atoms with E-state index in [0.29, 0.717) is 12.4 Å². The third kappa shape index (κ3) is 4.67. The van der Waals surface area contributed by atoms with Crippen LogP contribution >= 0.6 is 11.8 Å². The number of fused-ring (bicyclic) bond motifs is 1. The Morgan fingerprint density at radius 1 is 0.841 bits per heavy atom. The highest BCUT2D eigenvalue weighted by atomic mass is 32.2. The van der Waals surface area contributed by atoms with Crippen LogP contribution in [0.25, 0.3) is 0 Å². The number of carbonyl (C=O) groups is 1. The molecule has 3 unspecified atom stereocenters. The fraction of sp³-hybridized carbons (Fsp3) is 0.257. The molecule has 0 aliphatic carbocycles. The maximum absolute atomic E-state index is 14.3. The van der Waals surface area contributed by atoms with Gasteiger partial charge in [-0.1, -0.05) is 103 Å². The van der Waals surface area contributed by atoms with Crippen molar-refractivity contribution in [1.82, 2.24) is 30.4 Å². The Morgan fingerprint density at radius 3 is 1.91 bits per heavy atom. The largest absolute Gasteiger partial charge is 0.497 e. The van der Waals surface area contributed by atoms with Crippen LogP contribution in [0.1, 0.15) is 48.0 Å². The number of nitrogens with zero attached hydrogens (tertiary/aromatic N) is 5. The van der Waals surface area contributed by atoms with Crippen molar-refractivity contribution in [3.05, 3.63) is 143 Å². The maximum Gasteiger partial charge on any atom is 0.244 e. The molecule has 1 aromatic heterocycles. The molecule has 3 heterocycles. The van der Waals surface area contributed by atoms with E-state index in [0.717, 1.165) is 28.0 Å². The fourth-order valence-corrected chi connectivity index (χ4v) is 8.27. The van der Waals surface area contributed by atoms with Gasteiger partial charge in [0.1, 0.15) is 23.2 Å². The molecular formula is C35H34N6O2S. The Morgan fingerprint density at radius 2 is 1.39 bits per heavy atom. The number of aromatic nitrogens is 4. The average Bonchev–Trinajstić information content (AvgIpc) is 3.61. The zero-order valence-corrected chi connectivity index (χ0v) is 25.7. The molecule has 3 atom stereocenters. The summed E-state index contributed by atoms with van der Waals surface area (Å²) >= 11 is 1.80. The van der Waals surface area contributed by atoms with Gasteiger partial charge in [0.05, 0.1) is 19.2 Å². The number of carbonyl (C=O) groups excluding carboxylic acids is 1. The zero-order valence-electron chi connectivity index (χ0n) is 24.9. The molecular weight excluding hydrogens is 568 g/mol. The van der Waals surface area contributed by atoms with E-state index < -0.39 is 11.6 Å². The smallest absolute Gasteiger partial charge is 0.244 e. The van der Waals surface area contributed by atoms with Gasteiger partial charge in [0.25, 0.3) is 0 Å². The Labute approximate surface area is 261 Å². The number of benzene rings is 4. The van der Waals surface area contributed by atoms with Crippen molar-refractivity contribution in [3.63, 3.8) is 0 Å². The van der Waals surface area contributed by atoms with Crippen molar-refractivity contribution in [2.24, 2.45) is 0 Å². The topological polar surface area (TPSA) is 85.2 Å². The number of amides is 1. The first-order chi connectivity index (χ1) is 21.4. The summed E-state index contributed by atoms with van der Waals surface area (Å²) in [5.41, 5.74) is 3.53. The molecule has 9 heteroatoms. The highest BCUT2D eigenvalue weighted by Crippen LogP contribution is 2.57. The first kappa shape index (κ1) is 28.3.